The van der Waals surface area contributed by atoms with Gasteiger partial charge in [-0.15, -0.1) is 11.3 Å². The first-order valence-corrected chi connectivity index (χ1v) is 10.1. The summed E-state index contributed by atoms with van der Waals surface area (Å²) in [7, 11) is 3.31. The molecule has 4 nitrogen and oxygen atoms in total. The Hall–Kier alpha value is -2.79. The summed E-state index contributed by atoms with van der Waals surface area (Å²) in [6.07, 6.45) is 1.14. The van der Waals surface area contributed by atoms with E-state index in [1.807, 2.05) is 64.9 Å². The zero-order chi connectivity index (χ0) is 19.8. The van der Waals surface area contributed by atoms with Gasteiger partial charge in [0, 0.05) is 23.4 Å². The van der Waals surface area contributed by atoms with Gasteiger partial charge in [-0.25, -0.2) is 0 Å². The molecule has 0 aliphatic heterocycles. The zero-order valence-electron chi connectivity index (χ0n) is 16.3. The summed E-state index contributed by atoms with van der Waals surface area (Å²) in [4.78, 5) is 16.1. The Balaban J connectivity index is 1.72. The average Bonchev–Trinajstić information content (AvgIpc) is 3.25. The number of nitrogens with zero attached hydrogens (tertiary/aromatic N) is 1. The molecule has 2 aromatic carbocycles. The largest absolute Gasteiger partial charge is 0.497 e. The summed E-state index contributed by atoms with van der Waals surface area (Å²) in [5.74, 6) is 1.75. The van der Waals surface area contributed by atoms with Crippen molar-refractivity contribution in [3.05, 3.63) is 82.0 Å². The van der Waals surface area contributed by atoms with Crippen LogP contribution in [-0.4, -0.2) is 25.0 Å². The molecule has 0 bridgehead atoms. The summed E-state index contributed by atoms with van der Waals surface area (Å²) in [6, 6.07) is 19.8. The fraction of sp³-hybridized carbons (Fsp3) is 0.261. The first kappa shape index (κ1) is 20.0. The fourth-order valence-corrected chi connectivity index (χ4v) is 3.82. The smallest absolute Gasteiger partial charge is 0.223 e. The lowest BCUT2D eigenvalue weighted by Gasteiger charge is -2.23. The normalized spacial score (nSPS) is 10.5. The molecule has 1 amide bonds. The monoisotopic (exact) mass is 395 g/mol. The lowest BCUT2D eigenvalue weighted by atomic mass is 10.1. The summed E-state index contributed by atoms with van der Waals surface area (Å²) in [5, 5.41) is 2.04. The SMILES string of the molecule is COc1cccc(CCC(=O)N(Cc2cccs2)Cc2ccccc2OC)c1. The summed E-state index contributed by atoms with van der Waals surface area (Å²) in [5.41, 5.74) is 2.11. The van der Waals surface area contributed by atoms with Crippen molar-refractivity contribution in [3.63, 3.8) is 0 Å². The van der Waals surface area contributed by atoms with Gasteiger partial charge in [-0.05, 0) is 41.6 Å². The number of rotatable bonds is 9. The van der Waals surface area contributed by atoms with Crippen LogP contribution < -0.4 is 9.47 Å². The molecule has 0 aliphatic rings. The predicted molar refractivity (Wildman–Crippen MR) is 113 cm³/mol. The number of hydrogen-bond donors (Lipinski definition) is 0. The molecule has 0 saturated heterocycles. The molecule has 0 fully saturated rings. The second-order valence-electron chi connectivity index (χ2n) is 6.49. The van der Waals surface area contributed by atoms with Crippen LogP contribution in [-0.2, 0) is 24.3 Å². The molecule has 146 valence electrons. The molecule has 0 saturated carbocycles. The first-order valence-electron chi connectivity index (χ1n) is 9.24. The number of thiophene rings is 1. The van der Waals surface area contributed by atoms with Crippen LogP contribution in [0.5, 0.6) is 11.5 Å². The number of ether oxygens (including phenoxy) is 2. The van der Waals surface area contributed by atoms with E-state index in [1.54, 1.807) is 25.6 Å². The number of para-hydroxylation sites is 1. The minimum Gasteiger partial charge on any atom is -0.497 e. The van der Waals surface area contributed by atoms with Gasteiger partial charge in [0.1, 0.15) is 11.5 Å². The Morgan fingerprint density at radius 3 is 2.57 bits per heavy atom. The highest BCUT2D eigenvalue weighted by Crippen LogP contribution is 2.22. The van der Waals surface area contributed by atoms with Crippen LogP contribution in [0.1, 0.15) is 22.4 Å². The van der Waals surface area contributed by atoms with Gasteiger partial charge < -0.3 is 14.4 Å². The van der Waals surface area contributed by atoms with Gasteiger partial charge in [0.15, 0.2) is 0 Å². The van der Waals surface area contributed by atoms with Crippen molar-refractivity contribution in [1.29, 1.82) is 0 Å². The Labute approximate surface area is 170 Å². The van der Waals surface area contributed by atoms with E-state index >= 15 is 0 Å². The van der Waals surface area contributed by atoms with Crippen molar-refractivity contribution in [1.82, 2.24) is 4.90 Å². The van der Waals surface area contributed by atoms with E-state index in [4.69, 9.17) is 9.47 Å². The third-order valence-electron chi connectivity index (χ3n) is 4.59. The van der Waals surface area contributed by atoms with Crippen LogP contribution in [0.3, 0.4) is 0 Å². The van der Waals surface area contributed by atoms with E-state index in [0.29, 0.717) is 25.9 Å². The molecule has 0 unspecified atom stereocenters. The molecule has 1 heterocycles. The number of aryl methyl sites for hydroxylation is 1. The molecule has 0 radical (unpaired) electrons. The molecule has 0 N–H and O–H groups in total. The van der Waals surface area contributed by atoms with Gasteiger partial charge in [-0.2, -0.15) is 0 Å². The second kappa shape index (κ2) is 9.95. The van der Waals surface area contributed by atoms with Crippen LogP contribution in [0.15, 0.2) is 66.0 Å². The molecule has 3 rings (SSSR count). The molecule has 5 heteroatoms. The third-order valence-corrected chi connectivity index (χ3v) is 5.46. The van der Waals surface area contributed by atoms with Crippen molar-refractivity contribution >= 4 is 17.2 Å². The highest BCUT2D eigenvalue weighted by molar-refractivity contribution is 7.09. The Bertz CT molecular complexity index is 892. The van der Waals surface area contributed by atoms with E-state index in [0.717, 1.165) is 22.6 Å². The van der Waals surface area contributed by atoms with E-state index in [2.05, 4.69) is 6.07 Å². The van der Waals surface area contributed by atoms with Crippen molar-refractivity contribution in [3.8, 4) is 11.5 Å². The van der Waals surface area contributed by atoms with Crippen molar-refractivity contribution in [2.24, 2.45) is 0 Å². The molecular formula is C23H25NO3S. The highest BCUT2D eigenvalue weighted by atomic mass is 32.1. The van der Waals surface area contributed by atoms with Gasteiger partial charge in [0.25, 0.3) is 0 Å². The van der Waals surface area contributed by atoms with E-state index in [-0.39, 0.29) is 5.91 Å². The van der Waals surface area contributed by atoms with Crippen LogP contribution in [0, 0.1) is 0 Å². The lowest BCUT2D eigenvalue weighted by molar-refractivity contribution is -0.132. The maximum atomic E-state index is 13.1. The number of carbonyl (C=O) groups excluding carboxylic acids is 1. The van der Waals surface area contributed by atoms with Gasteiger partial charge in [-0.3, -0.25) is 4.79 Å². The molecule has 28 heavy (non-hydrogen) atoms. The van der Waals surface area contributed by atoms with Crippen molar-refractivity contribution in [2.75, 3.05) is 14.2 Å². The van der Waals surface area contributed by atoms with Gasteiger partial charge in [0.05, 0.1) is 20.8 Å². The van der Waals surface area contributed by atoms with E-state index in [1.165, 1.54) is 4.88 Å². The van der Waals surface area contributed by atoms with Gasteiger partial charge >= 0.3 is 0 Å². The predicted octanol–water partition coefficient (Wildman–Crippen LogP) is 4.93. The summed E-state index contributed by atoms with van der Waals surface area (Å²) >= 11 is 1.67. The van der Waals surface area contributed by atoms with Gasteiger partial charge in [-0.1, -0.05) is 36.4 Å². The number of hydrogen-bond acceptors (Lipinski definition) is 4. The average molecular weight is 396 g/mol. The zero-order valence-corrected chi connectivity index (χ0v) is 17.1. The fourth-order valence-electron chi connectivity index (χ4n) is 3.10. The Kier molecular flexibility index (Phi) is 7.09. The molecule has 0 spiro atoms. The van der Waals surface area contributed by atoms with Crippen molar-refractivity contribution < 1.29 is 14.3 Å². The molecular weight excluding hydrogens is 370 g/mol. The molecule has 0 aliphatic carbocycles. The standard InChI is InChI=1S/C23H25NO3S/c1-26-20-9-5-7-18(15-20)12-13-23(25)24(17-21-10-6-14-28-21)16-19-8-3-4-11-22(19)27-2/h3-11,14-15H,12-13,16-17H2,1-2H3. The molecule has 0 atom stereocenters. The van der Waals surface area contributed by atoms with E-state index < -0.39 is 0 Å². The molecule has 3 aromatic rings. The minimum absolute atomic E-state index is 0.127. The maximum Gasteiger partial charge on any atom is 0.223 e. The maximum absolute atomic E-state index is 13.1. The lowest BCUT2D eigenvalue weighted by Crippen LogP contribution is -2.30. The topological polar surface area (TPSA) is 38.8 Å². The van der Waals surface area contributed by atoms with Crippen LogP contribution in [0.4, 0.5) is 0 Å². The summed E-state index contributed by atoms with van der Waals surface area (Å²) in [6.45, 7) is 1.13. The van der Waals surface area contributed by atoms with Crippen LogP contribution in [0.25, 0.3) is 0 Å². The Morgan fingerprint density at radius 1 is 0.964 bits per heavy atom. The highest BCUT2D eigenvalue weighted by Gasteiger charge is 2.17. The summed E-state index contributed by atoms with van der Waals surface area (Å²) < 4.78 is 10.7. The number of amides is 1. The van der Waals surface area contributed by atoms with Crippen LogP contribution >= 0.6 is 11.3 Å². The Morgan fingerprint density at radius 2 is 1.82 bits per heavy atom. The van der Waals surface area contributed by atoms with Crippen LogP contribution in [0.2, 0.25) is 0 Å². The number of benzene rings is 2. The molecule has 1 aromatic heterocycles. The third kappa shape index (κ3) is 5.36. The van der Waals surface area contributed by atoms with Crippen molar-refractivity contribution in [2.45, 2.75) is 25.9 Å². The second-order valence-corrected chi connectivity index (χ2v) is 7.52. The van der Waals surface area contributed by atoms with Gasteiger partial charge in [0.2, 0.25) is 5.91 Å². The van der Waals surface area contributed by atoms with E-state index in [9.17, 15) is 4.79 Å². The number of carbonyl (C=O) groups is 1. The first-order chi connectivity index (χ1) is 13.7. The minimum atomic E-state index is 0.127. The quantitative estimate of drug-likeness (QED) is 0.516. The number of methoxy groups -OCH3 is 2.